The number of allylic oxidation sites excluding steroid dienone is 2. The van der Waals surface area contributed by atoms with Crippen LogP contribution < -0.4 is 0 Å². The van der Waals surface area contributed by atoms with Crippen LogP contribution in [-0.2, 0) is 14.2 Å². The van der Waals surface area contributed by atoms with Crippen LogP contribution in [0.4, 0.5) is 4.79 Å². The van der Waals surface area contributed by atoms with Crippen molar-refractivity contribution in [1.29, 1.82) is 0 Å². The normalized spacial score (nSPS) is 26.9. The summed E-state index contributed by atoms with van der Waals surface area (Å²) in [5.74, 6) is 0. The molecule has 0 radical (unpaired) electrons. The van der Waals surface area contributed by atoms with Gasteiger partial charge in [-0.15, -0.1) is 0 Å². The predicted molar refractivity (Wildman–Crippen MR) is 78.7 cm³/mol. The molecule has 0 saturated carbocycles. The van der Waals surface area contributed by atoms with Crippen molar-refractivity contribution in [2.24, 2.45) is 0 Å². The quantitative estimate of drug-likeness (QED) is 0.560. The van der Waals surface area contributed by atoms with E-state index in [1.54, 1.807) is 0 Å². The van der Waals surface area contributed by atoms with Gasteiger partial charge >= 0.3 is 6.16 Å². The highest BCUT2D eigenvalue weighted by Gasteiger charge is 2.36. The molecule has 1 rings (SSSR count). The Balaban J connectivity index is 2.45. The summed E-state index contributed by atoms with van der Waals surface area (Å²) in [5, 5.41) is 0. The van der Waals surface area contributed by atoms with Gasteiger partial charge in [0.1, 0.15) is 11.7 Å². The lowest BCUT2D eigenvalue weighted by molar-refractivity contribution is -0.0484. The van der Waals surface area contributed by atoms with Crippen LogP contribution in [0.3, 0.4) is 0 Å². The lowest BCUT2D eigenvalue weighted by Gasteiger charge is -2.22. The van der Waals surface area contributed by atoms with Crippen LogP contribution in [0, 0.1) is 0 Å². The molecule has 1 aliphatic rings. The van der Waals surface area contributed by atoms with Gasteiger partial charge in [0.25, 0.3) is 0 Å². The second-order valence-corrected chi connectivity index (χ2v) is 6.30. The number of carbonyl (C=O) groups excluding carboxylic acids is 1. The van der Waals surface area contributed by atoms with E-state index in [9.17, 15) is 4.79 Å². The summed E-state index contributed by atoms with van der Waals surface area (Å²) in [4.78, 5) is 11.7. The molecule has 4 nitrogen and oxygen atoms in total. The van der Waals surface area contributed by atoms with Crippen molar-refractivity contribution >= 4 is 6.16 Å². The zero-order valence-electron chi connectivity index (χ0n) is 13.3. The molecule has 1 saturated heterocycles. The van der Waals surface area contributed by atoms with Crippen molar-refractivity contribution in [3.05, 3.63) is 12.2 Å². The average molecular weight is 284 g/mol. The van der Waals surface area contributed by atoms with Crippen LogP contribution in [0.25, 0.3) is 0 Å². The Morgan fingerprint density at radius 1 is 1.35 bits per heavy atom. The first kappa shape index (κ1) is 17.0. The van der Waals surface area contributed by atoms with Gasteiger partial charge in [-0.25, -0.2) is 4.79 Å². The fourth-order valence-electron chi connectivity index (χ4n) is 2.24. The van der Waals surface area contributed by atoms with Crippen LogP contribution in [0.15, 0.2) is 12.2 Å². The largest absolute Gasteiger partial charge is 0.509 e. The summed E-state index contributed by atoms with van der Waals surface area (Å²) in [7, 11) is 0. The molecule has 0 N–H and O–H groups in total. The highest BCUT2D eigenvalue weighted by Crippen LogP contribution is 2.27. The lowest BCUT2D eigenvalue weighted by atomic mass is 10.1. The fraction of sp³-hybridized carbons (Fsp3) is 0.812. The zero-order valence-corrected chi connectivity index (χ0v) is 13.3. The molecule has 0 aromatic carbocycles. The van der Waals surface area contributed by atoms with E-state index < -0.39 is 11.8 Å². The summed E-state index contributed by atoms with van der Waals surface area (Å²) in [6.07, 6.45) is 7.18. The Morgan fingerprint density at radius 3 is 2.65 bits per heavy atom. The standard InChI is InChI=1S/C16H28O4/c1-6-7-8-9-10-13-14(11-12(2)18-13)19-15(17)20-16(3,4)5/h7-8,12-14H,6,9-11H2,1-5H3/t12-,13-,14-/m0/s1. The molecule has 1 fully saturated rings. The third kappa shape index (κ3) is 6.42. The van der Waals surface area contributed by atoms with E-state index in [2.05, 4.69) is 19.1 Å². The monoisotopic (exact) mass is 284 g/mol. The van der Waals surface area contributed by atoms with Crippen LogP contribution >= 0.6 is 0 Å². The van der Waals surface area contributed by atoms with E-state index in [0.29, 0.717) is 0 Å². The van der Waals surface area contributed by atoms with E-state index in [4.69, 9.17) is 14.2 Å². The number of carbonyl (C=O) groups is 1. The summed E-state index contributed by atoms with van der Waals surface area (Å²) < 4.78 is 16.4. The Morgan fingerprint density at radius 2 is 2.05 bits per heavy atom. The maximum Gasteiger partial charge on any atom is 0.509 e. The highest BCUT2D eigenvalue weighted by molar-refractivity contribution is 5.60. The van der Waals surface area contributed by atoms with Crippen LogP contribution in [0.2, 0.25) is 0 Å². The van der Waals surface area contributed by atoms with Gasteiger partial charge in [-0.3, -0.25) is 0 Å². The van der Waals surface area contributed by atoms with Crippen LogP contribution in [-0.4, -0.2) is 30.1 Å². The number of hydrogen-bond acceptors (Lipinski definition) is 4. The summed E-state index contributed by atoms with van der Waals surface area (Å²) >= 11 is 0. The molecule has 0 bridgehead atoms. The molecule has 3 atom stereocenters. The fourth-order valence-corrected chi connectivity index (χ4v) is 2.24. The smallest absolute Gasteiger partial charge is 0.429 e. The Kier molecular flexibility index (Phi) is 6.53. The molecule has 1 aliphatic heterocycles. The van der Waals surface area contributed by atoms with E-state index in [1.165, 1.54) is 0 Å². The molecular formula is C16H28O4. The highest BCUT2D eigenvalue weighted by atomic mass is 16.7. The second kappa shape index (κ2) is 7.67. The Hall–Kier alpha value is -1.03. The summed E-state index contributed by atoms with van der Waals surface area (Å²) in [5.41, 5.74) is -0.526. The minimum atomic E-state index is -0.602. The van der Waals surface area contributed by atoms with Crippen LogP contribution in [0.1, 0.15) is 60.3 Å². The SMILES string of the molecule is CCC=CCC[C@@H]1O[C@@H](C)C[C@@H]1OC(=O)OC(C)(C)C. The van der Waals surface area contributed by atoms with E-state index >= 15 is 0 Å². The van der Waals surface area contributed by atoms with Crippen molar-refractivity contribution in [3.63, 3.8) is 0 Å². The third-order valence-electron chi connectivity index (χ3n) is 3.04. The Labute approximate surface area is 122 Å². The van der Waals surface area contributed by atoms with Gasteiger partial charge in [-0.05, 0) is 47.0 Å². The van der Waals surface area contributed by atoms with Gasteiger partial charge in [0.15, 0.2) is 0 Å². The number of ether oxygens (including phenoxy) is 3. The van der Waals surface area contributed by atoms with E-state index in [0.717, 1.165) is 25.7 Å². The third-order valence-corrected chi connectivity index (χ3v) is 3.04. The van der Waals surface area contributed by atoms with Crippen LogP contribution in [0.5, 0.6) is 0 Å². The van der Waals surface area contributed by atoms with Crippen molar-refractivity contribution in [2.75, 3.05) is 0 Å². The zero-order chi connectivity index (χ0) is 15.2. The first-order valence-electron chi connectivity index (χ1n) is 7.52. The molecule has 0 aromatic rings. The number of rotatable bonds is 5. The summed E-state index contributed by atoms with van der Waals surface area (Å²) in [6, 6.07) is 0. The van der Waals surface area contributed by atoms with Crippen molar-refractivity contribution in [2.45, 2.75) is 84.2 Å². The molecule has 0 aromatic heterocycles. The maximum atomic E-state index is 11.7. The molecule has 4 heteroatoms. The minimum Gasteiger partial charge on any atom is -0.429 e. The van der Waals surface area contributed by atoms with Crippen molar-refractivity contribution < 1.29 is 19.0 Å². The molecule has 0 unspecified atom stereocenters. The van der Waals surface area contributed by atoms with Crippen molar-refractivity contribution in [1.82, 2.24) is 0 Å². The predicted octanol–water partition coefficient (Wildman–Crippen LogP) is 4.23. The molecule has 116 valence electrons. The van der Waals surface area contributed by atoms with Crippen molar-refractivity contribution in [3.8, 4) is 0 Å². The van der Waals surface area contributed by atoms with Gasteiger partial charge in [0.2, 0.25) is 0 Å². The van der Waals surface area contributed by atoms with Gasteiger partial charge in [-0.2, -0.15) is 0 Å². The molecule has 0 aliphatic carbocycles. The van der Waals surface area contributed by atoms with Gasteiger partial charge in [-0.1, -0.05) is 19.1 Å². The first-order valence-corrected chi connectivity index (χ1v) is 7.52. The van der Waals surface area contributed by atoms with Gasteiger partial charge in [0, 0.05) is 6.42 Å². The molecule has 0 spiro atoms. The van der Waals surface area contributed by atoms with Gasteiger partial charge in [0.05, 0.1) is 12.2 Å². The topological polar surface area (TPSA) is 44.8 Å². The Bertz CT molecular complexity index is 330. The number of hydrogen-bond donors (Lipinski definition) is 0. The maximum absolute atomic E-state index is 11.7. The average Bonchev–Trinajstić information content (AvgIpc) is 2.62. The second-order valence-electron chi connectivity index (χ2n) is 6.30. The lowest BCUT2D eigenvalue weighted by Crippen LogP contribution is -2.31. The molecular weight excluding hydrogens is 256 g/mol. The first-order chi connectivity index (χ1) is 9.31. The molecule has 0 amide bonds. The van der Waals surface area contributed by atoms with E-state index in [-0.39, 0.29) is 18.3 Å². The molecule has 20 heavy (non-hydrogen) atoms. The molecule has 1 heterocycles. The summed E-state index contributed by atoms with van der Waals surface area (Å²) in [6.45, 7) is 9.60. The van der Waals surface area contributed by atoms with Gasteiger partial charge < -0.3 is 14.2 Å². The minimum absolute atomic E-state index is 0.0287. The van der Waals surface area contributed by atoms with E-state index in [1.807, 2.05) is 27.7 Å².